The second-order valence-electron chi connectivity index (χ2n) is 3.71. The molecule has 9 heteroatoms. The van der Waals surface area contributed by atoms with Crippen LogP contribution in [0.15, 0.2) is 35.4 Å². The van der Waals surface area contributed by atoms with Crippen LogP contribution in [0.1, 0.15) is 5.69 Å². The summed E-state index contributed by atoms with van der Waals surface area (Å²) in [4.78, 5) is 9.63. The van der Waals surface area contributed by atoms with Crippen molar-refractivity contribution in [2.45, 2.75) is 11.8 Å². The third-order valence-corrected chi connectivity index (χ3v) is 4.38. The van der Waals surface area contributed by atoms with Crippen LogP contribution in [0.4, 0.5) is 5.69 Å². The van der Waals surface area contributed by atoms with Crippen LogP contribution < -0.4 is 0 Å². The number of non-ortho nitro benzene ring substituents is 1. The van der Waals surface area contributed by atoms with Crippen molar-refractivity contribution >= 4 is 27.3 Å². The highest BCUT2D eigenvalue weighted by Gasteiger charge is 2.24. The van der Waals surface area contributed by atoms with Crippen LogP contribution in [0.2, 0.25) is 5.02 Å². The van der Waals surface area contributed by atoms with E-state index in [-0.39, 0.29) is 15.6 Å². The lowest BCUT2D eigenvalue weighted by Crippen LogP contribution is -2.14. The number of hydrogen-bond acceptors (Lipinski definition) is 5. The predicted octanol–water partition coefficient (Wildman–Crippen LogP) is 1.99. The van der Waals surface area contributed by atoms with Crippen LogP contribution in [0.5, 0.6) is 0 Å². The molecule has 0 amide bonds. The number of halogens is 1. The Morgan fingerprint density at radius 3 is 2.58 bits per heavy atom. The Hall–Kier alpha value is -1.93. The molecule has 0 saturated carbocycles. The molecule has 0 N–H and O–H groups in total. The fourth-order valence-corrected chi connectivity index (χ4v) is 3.08. The standard InChI is InChI=1S/C10H8ClN3O4S/c1-7-4-5-13(12-7)19(17,18)10-6-8(14(15)16)2-3-9(10)11/h2-6H,1H3. The van der Waals surface area contributed by atoms with E-state index in [9.17, 15) is 18.5 Å². The number of benzene rings is 1. The Bertz CT molecular complexity index is 754. The van der Waals surface area contributed by atoms with Gasteiger partial charge in [0.05, 0.1) is 15.6 Å². The minimum absolute atomic E-state index is 0.0984. The summed E-state index contributed by atoms with van der Waals surface area (Å²) in [5.74, 6) is 0. The largest absolute Gasteiger partial charge is 0.284 e. The van der Waals surface area contributed by atoms with Crippen LogP contribution in [-0.2, 0) is 10.0 Å². The van der Waals surface area contributed by atoms with E-state index in [1.165, 1.54) is 18.3 Å². The molecule has 2 rings (SSSR count). The van der Waals surface area contributed by atoms with E-state index in [1.807, 2.05) is 0 Å². The highest BCUT2D eigenvalue weighted by Crippen LogP contribution is 2.27. The van der Waals surface area contributed by atoms with Crippen molar-refractivity contribution in [3.63, 3.8) is 0 Å². The van der Waals surface area contributed by atoms with Gasteiger partial charge < -0.3 is 0 Å². The van der Waals surface area contributed by atoms with E-state index < -0.39 is 14.9 Å². The van der Waals surface area contributed by atoms with Gasteiger partial charge in [0, 0.05) is 18.3 Å². The van der Waals surface area contributed by atoms with Gasteiger partial charge in [-0.1, -0.05) is 11.6 Å². The Balaban J connectivity index is 2.64. The maximum absolute atomic E-state index is 12.2. The van der Waals surface area contributed by atoms with Gasteiger partial charge in [-0.3, -0.25) is 10.1 Å². The third-order valence-electron chi connectivity index (χ3n) is 2.35. The lowest BCUT2D eigenvalue weighted by Gasteiger charge is -2.06. The second kappa shape index (κ2) is 4.63. The average molecular weight is 302 g/mol. The molecule has 0 bridgehead atoms. The molecule has 0 aliphatic rings. The van der Waals surface area contributed by atoms with E-state index in [0.717, 1.165) is 16.2 Å². The molecule has 0 aliphatic heterocycles. The lowest BCUT2D eigenvalue weighted by atomic mass is 10.3. The molecular formula is C10H8ClN3O4S. The van der Waals surface area contributed by atoms with Crippen molar-refractivity contribution in [2.24, 2.45) is 0 Å². The first-order chi connectivity index (χ1) is 8.82. The number of rotatable bonds is 3. The summed E-state index contributed by atoms with van der Waals surface area (Å²) < 4.78 is 25.2. The molecule has 0 fully saturated rings. The van der Waals surface area contributed by atoms with Crippen LogP contribution in [0.3, 0.4) is 0 Å². The Labute approximate surface area is 113 Å². The maximum Gasteiger partial charge on any atom is 0.284 e. The molecular weight excluding hydrogens is 294 g/mol. The van der Waals surface area contributed by atoms with Gasteiger partial charge in [0.25, 0.3) is 15.7 Å². The number of aryl methyl sites for hydroxylation is 1. The van der Waals surface area contributed by atoms with Gasteiger partial charge in [-0.25, -0.2) is 0 Å². The van der Waals surface area contributed by atoms with Crippen molar-refractivity contribution < 1.29 is 13.3 Å². The molecule has 0 unspecified atom stereocenters. The van der Waals surface area contributed by atoms with Crippen LogP contribution in [0.25, 0.3) is 0 Å². The zero-order valence-corrected chi connectivity index (χ0v) is 11.2. The molecule has 0 aliphatic carbocycles. The highest BCUT2D eigenvalue weighted by atomic mass is 35.5. The van der Waals surface area contributed by atoms with Crippen molar-refractivity contribution in [2.75, 3.05) is 0 Å². The average Bonchev–Trinajstić information content (AvgIpc) is 2.76. The van der Waals surface area contributed by atoms with E-state index in [1.54, 1.807) is 6.92 Å². The fourth-order valence-electron chi connectivity index (χ4n) is 1.43. The van der Waals surface area contributed by atoms with Crippen LogP contribution >= 0.6 is 11.6 Å². The molecule has 1 heterocycles. The molecule has 19 heavy (non-hydrogen) atoms. The summed E-state index contributed by atoms with van der Waals surface area (Å²) in [7, 11) is -4.04. The van der Waals surface area contributed by atoms with Gasteiger partial charge in [-0.2, -0.15) is 17.6 Å². The van der Waals surface area contributed by atoms with Crippen molar-refractivity contribution in [3.05, 3.63) is 51.3 Å². The summed E-state index contributed by atoms with van der Waals surface area (Å²) in [5.41, 5.74) is 0.150. The number of nitro groups is 1. The lowest BCUT2D eigenvalue weighted by molar-refractivity contribution is -0.385. The first kappa shape index (κ1) is 13.5. The smallest absolute Gasteiger partial charge is 0.258 e. The Morgan fingerprint density at radius 1 is 1.37 bits per heavy atom. The third kappa shape index (κ3) is 2.45. The minimum Gasteiger partial charge on any atom is -0.258 e. The molecule has 0 radical (unpaired) electrons. The monoisotopic (exact) mass is 301 g/mol. The summed E-state index contributed by atoms with van der Waals surface area (Å²) in [6.07, 6.45) is 1.25. The number of nitro benzene ring substituents is 1. The summed E-state index contributed by atoms with van der Waals surface area (Å²) in [6, 6.07) is 4.72. The Morgan fingerprint density at radius 2 is 2.05 bits per heavy atom. The van der Waals surface area contributed by atoms with E-state index >= 15 is 0 Å². The maximum atomic E-state index is 12.2. The second-order valence-corrected chi connectivity index (χ2v) is 5.88. The summed E-state index contributed by atoms with van der Waals surface area (Å²) in [6.45, 7) is 1.63. The van der Waals surface area contributed by atoms with E-state index in [2.05, 4.69) is 5.10 Å². The van der Waals surface area contributed by atoms with Crippen molar-refractivity contribution in [3.8, 4) is 0 Å². The SMILES string of the molecule is Cc1ccn(S(=O)(=O)c2cc([N+](=O)[O-])ccc2Cl)n1. The zero-order chi connectivity index (χ0) is 14.2. The van der Waals surface area contributed by atoms with Crippen LogP contribution in [0, 0.1) is 17.0 Å². The molecule has 100 valence electrons. The minimum atomic E-state index is -4.04. The van der Waals surface area contributed by atoms with Crippen molar-refractivity contribution in [1.82, 2.24) is 9.19 Å². The van der Waals surface area contributed by atoms with Gasteiger partial charge in [0.2, 0.25) is 0 Å². The molecule has 0 spiro atoms. The topological polar surface area (TPSA) is 95.1 Å². The first-order valence-electron chi connectivity index (χ1n) is 5.04. The molecule has 7 nitrogen and oxygen atoms in total. The summed E-state index contributed by atoms with van der Waals surface area (Å²) >= 11 is 5.80. The highest BCUT2D eigenvalue weighted by molar-refractivity contribution is 7.90. The summed E-state index contributed by atoms with van der Waals surface area (Å²) in [5, 5.41) is 14.4. The van der Waals surface area contributed by atoms with Crippen LogP contribution in [-0.4, -0.2) is 22.5 Å². The van der Waals surface area contributed by atoms with Gasteiger partial charge >= 0.3 is 0 Å². The fraction of sp³-hybridized carbons (Fsp3) is 0.100. The molecule has 0 atom stereocenters. The van der Waals surface area contributed by atoms with Gasteiger partial charge in [-0.15, -0.1) is 0 Å². The van der Waals surface area contributed by atoms with Gasteiger partial charge in [0.1, 0.15) is 4.90 Å². The number of aromatic nitrogens is 2. The quantitative estimate of drug-likeness (QED) is 0.638. The van der Waals surface area contributed by atoms with Gasteiger partial charge in [-0.05, 0) is 19.1 Å². The molecule has 1 aromatic carbocycles. The number of hydrogen-bond donors (Lipinski definition) is 0. The Kier molecular flexibility index (Phi) is 3.29. The molecule has 1 aromatic heterocycles. The van der Waals surface area contributed by atoms with Crippen molar-refractivity contribution in [1.29, 1.82) is 0 Å². The van der Waals surface area contributed by atoms with Gasteiger partial charge in [0.15, 0.2) is 0 Å². The zero-order valence-electron chi connectivity index (χ0n) is 9.65. The van der Waals surface area contributed by atoms with E-state index in [4.69, 9.17) is 11.6 Å². The number of nitrogens with zero attached hydrogens (tertiary/aromatic N) is 3. The molecule has 2 aromatic rings. The normalized spacial score (nSPS) is 11.5. The molecule has 0 saturated heterocycles. The van der Waals surface area contributed by atoms with E-state index in [0.29, 0.717) is 5.69 Å². The first-order valence-corrected chi connectivity index (χ1v) is 6.86. The predicted molar refractivity (Wildman–Crippen MR) is 67.7 cm³/mol.